The van der Waals surface area contributed by atoms with E-state index in [2.05, 4.69) is 20.8 Å². The van der Waals surface area contributed by atoms with Crippen molar-refractivity contribution in [2.24, 2.45) is 0 Å². The van der Waals surface area contributed by atoms with Crippen molar-refractivity contribution in [1.29, 1.82) is 0 Å². The fraction of sp³-hybridized carbons (Fsp3) is 0.158. The molecule has 0 saturated carbocycles. The summed E-state index contributed by atoms with van der Waals surface area (Å²) in [5, 5.41) is 13.8. The number of aromatic nitrogens is 2. The standard InChI is InChI=1S/C19H18ClN5O2S/c1-25(2)15-8-6-12(7-9-15)11-21-16(26)18-23-24-19(28-18)17(27)22-14-5-3-4-13(20)10-14/h3-10H,11H2,1-2H3,(H,21,26)(H,22,27). The number of rotatable bonds is 6. The van der Waals surface area contributed by atoms with Crippen molar-refractivity contribution >= 4 is 46.1 Å². The van der Waals surface area contributed by atoms with Crippen LogP contribution in [-0.2, 0) is 6.54 Å². The molecule has 0 atom stereocenters. The smallest absolute Gasteiger partial charge is 0.286 e. The highest BCUT2D eigenvalue weighted by atomic mass is 35.5. The van der Waals surface area contributed by atoms with Crippen LogP contribution in [0.5, 0.6) is 0 Å². The number of nitrogens with one attached hydrogen (secondary N) is 2. The molecule has 1 aromatic heterocycles. The Kier molecular flexibility index (Phi) is 6.23. The summed E-state index contributed by atoms with van der Waals surface area (Å²) in [5.74, 6) is -0.825. The molecule has 7 nitrogen and oxygen atoms in total. The summed E-state index contributed by atoms with van der Waals surface area (Å²) in [7, 11) is 3.93. The predicted molar refractivity (Wildman–Crippen MR) is 111 cm³/mol. The Hall–Kier alpha value is -2.97. The van der Waals surface area contributed by atoms with Crippen LogP contribution in [0.4, 0.5) is 11.4 Å². The van der Waals surface area contributed by atoms with Crippen molar-refractivity contribution in [1.82, 2.24) is 15.5 Å². The molecule has 3 rings (SSSR count). The summed E-state index contributed by atoms with van der Waals surface area (Å²) < 4.78 is 0. The van der Waals surface area contributed by atoms with Crippen molar-refractivity contribution in [2.45, 2.75) is 6.54 Å². The van der Waals surface area contributed by atoms with Gasteiger partial charge in [0.1, 0.15) is 0 Å². The maximum atomic E-state index is 12.3. The molecule has 0 bridgehead atoms. The van der Waals surface area contributed by atoms with Gasteiger partial charge in [-0.05, 0) is 35.9 Å². The Balaban J connectivity index is 1.58. The first kappa shape index (κ1) is 19.8. The maximum Gasteiger partial charge on any atom is 0.286 e. The van der Waals surface area contributed by atoms with Gasteiger partial charge in [0.05, 0.1) is 0 Å². The van der Waals surface area contributed by atoms with Crippen molar-refractivity contribution < 1.29 is 9.59 Å². The lowest BCUT2D eigenvalue weighted by molar-refractivity contribution is 0.0948. The second-order valence-electron chi connectivity index (χ2n) is 6.12. The van der Waals surface area contributed by atoms with Crippen LogP contribution < -0.4 is 15.5 Å². The second-order valence-corrected chi connectivity index (χ2v) is 7.53. The third kappa shape index (κ3) is 5.05. The van der Waals surface area contributed by atoms with Crippen LogP contribution in [0.3, 0.4) is 0 Å². The molecule has 2 N–H and O–H groups in total. The minimum Gasteiger partial charge on any atom is -0.378 e. The summed E-state index contributed by atoms with van der Waals surface area (Å²) in [6.07, 6.45) is 0. The van der Waals surface area contributed by atoms with E-state index in [1.807, 2.05) is 43.3 Å². The van der Waals surface area contributed by atoms with Crippen LogP contribution in [0.1, 0.15) is 25.2 Å². The van der Waals surface area contributed by atoms with Gasteiger partial charge >= 0.3 is 0 Å². The maximum absolute atomic E-state index is 12.3. The number of hydrogen-bond donors (Lipinski definition) is 2. The lowest BCUT2D eigenvalue weighted by Crippen LogP contribution is -2.22. The number of carbonyl (C=O) groups is 2. The molecular weight excluding hydrogens is 398 g/mol. The zero-order chi connectivity index (χ0) is 20.1. The number of hydrogen-bond acceptors (Lipinski definition) is 6. The van der Waals surface area contributed by atoms with E-state index in [9.17, 15) is 9.59 Å². The molecule has 0 saturated heterocycles. The van der Waals surface area contributed by atoms with Crippen LogP contribution in [0.2, 0.25) is 5.02 Å². The molecular formula is C19H18ClN5O2S. The third-order valence-electron chi connectivity index (χ3n) is 3.80. The largest absolute Gasteiger partial charge is 0.378 e. The topological polar surface area (TPSA) is 87.2 Å². The second kappa shape index (κ2) is 8.81. The average molecular weight is 416 g/mol. The molecule has 0 radical (unpaired) electrons. The molecule has 9 heteroatoms. The molecule has 1 heterocycles. The minimum atomic E-state index is -0.446. The summed E-state index contributed by atoms with van der Waals surface area (Å²) in [6, 6.07) is 14.6. The van der Waals surface area contributed by atoms with Crippen LogP contribution in [-0.4, -0.2) is 36.1 Å². The monoisotopic (exact) mass is 415 g/mol. The number of nitrogens with zero attached hydrogens (tertiary/aromatic N) is 3. The van der Waals surface area contributed by atoms with E-state index in [0.29, 0.717) is 17.3 Å². The Morgan fingerprint density at radius 2 is 1.71 bits per heavy atom. The summed E-state index contributed by atoms with van der Waals surface area (Å²) in [5.41, 5.74) is 2.58. The van der Waals surface area contributed by atoms with E-state index in [1.165, 1.54) is 0 Å². The van der Waals surface area contributed by atoms with Crippen molar-refractivity contribution in [3.63, 3.8) is 0 Å². The SMILES string of the molecule is CN(C)c1ccc(CNC(=O)c2nnc(C(=O)Nc3cccc(Cl)c3)s2)cc1. The number of amides is 2. The first-order chi connectivity index (χ1) is 13.4. The fourth-order valence-electron chi connectivity index (χ4n) is 2.33. The lowest BCUT2D eigenvalue weighted by Gasteiger charge is -2.12. The quantitative estimate of drug-likeness (QED) is 0.644. The lowest BCUT2D eigenvalue weighted by atomic mass is 10.2. The van der Waals surface area contributed by atoms with Gasteiger partial charge in [0.15, 0.2) is 0 Å². The summed E-state index contributed by atoms with van der Waals surface area (Å²) in [4.78, 5) is 26.5. The van der Waals surface area contributed by atoms with Crippen LogP contribution >= 0.6 is 22.9 Å². The molecule has 2 aromatic carbocycles. The Bertz CT molecular complexity index is 988. The van der Waals surface area contributed by atoms with Gasteiger partial charge in [-0.3, -0.25) is 9.59 Å². The highest BCUT2D eigenvalue weighted by Gasteiger charge is 2.17. The van der Waals surface area contributed by atoms with Crippen molar-refractivity contribution in [3.05, 3.63) is 69.1 Å². The summed E-state index contributed by atoms with van der Waals surface area (Å²) >= 11 is 6.83. The zero-order valence-corrected chi connectivity index (χ0v) is 16.8. The minimum absolute atomic E-state index is 0.0976. The molecule has 3 aromatic rings. The van der Waals surface area contributed by atoms with E-state index in [-0.39, 0.29) is 15.9 Å². The molecule has 28 heavy (non-hydrogen) atoms. The van der Waals surface area contributed by atoms with E-state index >= 15 is 0 Å². The van der Waals surface area contributed by atoms with Crippen molar-refractivity contribution in [2.75, 3.05) is 24.3 Å². The number of benzene rings is 2. The van der Waals surface area contributed by atoms with Gasteiger partial charge in [-0.1, -0.05) is 41.1 Å². The van der Waals surface area contributed by atoms with E-state index < -0.39 is 5.91 Å². The fourth-order valence-corrected chi connectivity index (χ4v) is 3.17. The van der Waals surface area contributed by atoms with E-state index in [0.717, 1.165) is 22.6 Å². The van der Waals surface area contributed by atoms with Crippen LogP contribution in [0.25, 0.3) is 0 Å². The van der Waals surface area contributed by atoms with E-state index in [4.69, 9.17) is 11.6 Å². The highest BCUT2D eigenvalue weighted by Crippen LogP contribution is 2.17. The molecule has 2 amide bonds. The Morgan fingerprint density at radius 1 is 1.04 bits per heavy atom. The Labute approximate surface area is 171 Å². The van der Waals surface area contributed by atoms with Crippen LogP contribution in [0, 0.1) is 0 Å². The average Bonchev–Trinajstić information content (AvgIpc) is 3.17. The van der Waals surface area contributed by atoms with Gasteiger partial charge in [0, 0.05) is 37.0 Å². The van der Waals surface area contributed by atoms with E-state index in [1.54, 1.807) is 24.3 Å². The third-order valence-corrected chi connectivity index (χ3v) is 4.96. The molecule has 0 aliphatic heterocycles. The van der Waals surface area contributed by atoms with Gasteiger partial charge < -0.3 is 15.5 Å². The van der Waals surface area contributed by atoms with Gasteiger partial charge in [-0.2, -0.15) is 0 Å². The highest BCUT2D eigenvalue weighted by molar-refractivity contribution is 7.15. The predicted octanol–water partition coefficient (Wildman–Crippen LogP) is 3.44. The van der Waals surface area contributed by atoms with Gasteiger partial charge in [0.2, 0.25) is 10.0 Å². The van der Waals surface area contributed by atoms with Crippen molar-refractivity contribution in [3.8, 4) is 0 Å². The first-order valence-corrected chi connectivity index (χ1v) is 9.57. The number of carbonyl (C=O) groups excluding carboxylic acids is 2. The van der Waals surface area contributed by atoms with Gasteiger partial charge in [0.25, 0.3) is 11.8 Å². The zero-order valence-electron chi connectivity index (χ0n) is 15.3. The number of anilines is 2. The molecule has 0 aliphatic rings. The van der Waals surface area contributed by atoms with Gasteiger partial charge in [-0.15, -0.1) is 10.2 Å². The molecule has 0 unspecified atom stereocenters. The summed E-state index contributed by atoms with van der Waals surface area (Å²) in [6.45, 7) is 0.357. The Morgan fingerprint density at radius 3 is 2.36 bits per heavy atom. The van der Waals surface area contributed by atoms with Gasteiger partial charge in [-0.25, -0.2) is 0 Å². The molecule has 144 valence electrons. The normalized spacial score (nSPS) is 10.4. The molecule has 0 spiro atoms. The molecule has 0 aliphatic carbocycles. The number of halogens is 1. The van der Waals surface area contributed by atoms with Crippen LogP contribution in [0.15, 0.2) is 48.5 Å². The molecule has 0 fully saturated rings. The first-order valence-electron chi connectivity index (χ1n) is 8.37.